The lowest BCUT2D eigenvalue weighted by atomic mass is 9.94. The summed E-state index contributed by atoms with van der Waals surface area (Å²) in [6, 6.07) is 15.6. The van der Waals surface area contributed by atoms with Crippen LogP contribution < -0.4 is 0 Å². The lowest BCUT2D eigenvalue weighted by Crippen LogP contribution is -2.28. The molecule has 1 aliphatic carbocycles. The fraction of sp³-hybridized carbons (Fsp3) is 0.385. The number of esters is 1. The molecule has 32 heavy (non-hydrogen) atoms. The summed E-state index contributed by atoms with van der Waals surface area (Å²) in [7, 11) is 1.40. The van der Waals surface area contributed by atoms with Crippen molar-refractivity contribution in [2.45, 2.75) is 58.0 Å². The van der Waals surface area contributed by atoms with Crippen LogP contribution in [-0.4, -0.2) is 30.3 Å². The standard InChI is InChI=1S/C26H29NO5/c1-18-8-6-11-20(24(18)26(28)29-2)15-30-22-12-7-13-23(14-22)31-16-21-17-32-25(27-21)19-9-4-3-5-10-19/h3-6,8-11,17,22-23H,7,12-16H2,1-2H3. The molecule has 1 aromatic heterocycles. The molecule has 1 fully saturated rings. The van der Waals surface area contributed by atoms with Crippen molar-refractivity contribution in [3.63, 3.8) is 0 Å². The number of ether oxygens (including phenoxy) is 3. The number of benzene rings is 2. The average Bonchev–Trinajstić information content (AvgIpc) is 3.31. The van der Waals surface area contributed by atoms with Gasteiger partial charge in [0, 0.05) is 5.56 Å². The monoisotopic (exact) mass is 435 g/mol. The quantitative estimate of drug-likeness (QED) is 0.436. The number of carbonyl (C=O) groups is 1. The Labute approximate surface area is 188 Å². The molecule has 1 heterocycles. The van der Waals surface area contributed by atoms with Crippen molar-refractivity contribution in [2.24, 2.45) is 0 Å². The second-order valence-electron chi connectivity index (χ2n) is 8.14. The molecule has 0 bridgehead atoms. The lowest BCUT2D eigenvalue weighted by molar-refractivity contribution is -0.0563. The molecule has 1 aliphatic rings. The molecule has 3 aromatic rings. The first-order valence-electron chi connectivity index (χ1n) is 11.0. The zero-order valence-corrected chi connectivity index (χ0v) is 18.6. The molecule has 4 rings (SSSR count). The number of hydrogen-bond donors (Lipinski definition) is 0. The molecule has 0 spiro atoms. The van der Waals surface area contributed by atoms with E-state index in [1.54, 1.807) is 6.26 Å². The van der Waals surface area contributed by atoms with Gasteiger partial charge in [-0.1, -0.05) is 36.4 Å². The Bertz CT molecular complexity index is 1030. The normalized spacial score (nSPS) is 18.4. The molecule has 6 heteroatoms. The van der Waals surface area contributed by atoms with Crippen molar-refractivity contribution < 1.29 is 23.4 Å². The van der Waals surface area contributed by atoms with Gasteiger partial charge in [-0.25, -0.2) is 9.78 Å². The molecule has 2 atom stereocenters. The number of aryl methyl sites for hydroxylation is 1. The number of hydrogen-bond acceptors (Lipinski definition) is 6. The molecule has 1 saturated carbocycles. The van der Waals surface area contributed by atoms with Crippen molar-refractivity contribution in [1.29, 1.82) is 0 Å². The van der Waals surface area contributed by atoms with E-state index in [0.29, 0.717) is 24.7 Å². The van der Waals surface area contributed by atoms with Gasteiger partial charge >= 0.3 is 5.97 Å². The van der Waals surface area contributed by atoms with Crippen molar-refractivity contribution in [2.75, 3.05) is 7.11 Å². The highest BCUT2D eigenvalue weighted by Gasteiger charge is 2.24. The molecule has 0 amide bonds. The third-order valence-electron chi connectivity index (χ3n) is 5.84. The van der Waals surface area contributed by atoms with Crippen LogP contribution in [0.5, 0.6) is 0 Å². The fourth-order valence-corrected chi connectivity index (χ4v) is 4.15. The van der Waals surface area contributed by atoms with Gasteiger partial charge in [0.1, 0.15) is 12.0 Å². The van der Waals surface area contributed by atoms with E-state index in [1.807, 2.05) is 55.5 Å². The topological polar surface area (TPSA) is 70.8 Å². The Morgan fingerprint density at radius 3 is 2.53 bits per heavy atom. The smallest absolute Gasteiger partial charge is 0.338 e. The van der Waals surface area contributed by atoms with Crippen LogP contribution in [0.25, 0.3) is 11.5 Å². The second kappa shape index (κ2) is 10.6. The summed E-state index contributed by atoms with van der Waals surface area (Å²) in [4.78, 5) is 16.7. The second-order valence-corrected chi connectivity index (χ2v) is 8.14. The Kier molecular flexibility index (Phi) is 7.35. The fourth-order valence-electron chi connectivity index (χ4n) is 4.15. The maximum Gasteiger partial charge on any atom is 0.338 e. The van der Waals surface area contributed by atoms with Crippen molar-refractivity contribution in [3.8, 4) is 11.5 Å². The highest BCUT2D eigenvalue weighted by Crippen LogP contribution is 2.27. The molecule has 0 N–H and O–H groups in total. The minimum Gasteiger partial charge on any atom is -0.465 e. The molecular weight excluding hydrogens is 406 g/mol. The molecule has 0 saturated heterocycles. The van der Waals surface area contributed by atoms with Crippen molar-refractivity contribution in [3.05, 3.63) is 77.2 Å². The summed E-state index contributed by atoms with van der Waals surface area (Å²) in [5.41, 5.74) is 4.09. The average molecular weight is 436 g/mol. The zero-order chi connectivity index (χ0) is 22.3. The number of rotatable bonds is 8. The maximum absolute atomic E-state index is 12.2. The first-order chi connectivity index (χ1) is 15.6. The Morgan fingerprint density at radius 1 is 1.03 bits per heavy atom. The van der Waals surface area contributed by atoms with Crippen LogP contribution in [0.1, 0.15) is 52.9 Å². The van der Waals surface area contributed by atoms with E-state index in [0.717, 1.165) is 48.1 Å². The third-order valence-corrected chi connectivity index (χ3v) is 5.84. The van der Waals surface area contributed by atoms with Crippen LogP contribution in [0.4, 0.5) is 0 Å². The van der Waals surface area contributed by atoms with Crippen LogP contribution in [0.15, 0.2) is 59.2 Å². The van der Waals surface area contributed by atoms with Crippen molar-refractivity contribution in [1.82, 2.24) is 4.98 Å². The predicted octanol–water partition coefficient (Wildman–Crippen LogP) is 5.48. The highest BCUT2D eigenvalue weighted by atomic mass is 16.5. The van der Waals surface area contributed by atoms with Gasteiger partial charge in [-0.3, -0.25) is 0 Å². The van der Waals surface area contributed by atoms with E-state index in [2.05, 4.69) is 4.98 Å². The minimum absolute atomic E-state index is 0.0944. The largest absolute Gasteiger partial charge is 0.465 e. The van der Waals surface area contributed by atoms with Crippen LogP contribution in [0, 0.1) is 6.92 Å². The number of aromatic nitrogens is 1. The molecule has 0 aliphatic heterocycles. The number of carbonyl (C=O) groups excluding carboxylic acids is 1. The third kappa shape index (κ3) is 5.44. The van der Waals surface area contributed by atoms with Crippen LogP contribution in [-0.2, 0) is 27.4 Å². The first-order valence-corrected chi connectivity index (χ1v) is 11.0. The van der Waals surface area contributed by atoms with E-state index >= 15 is 0 Å². The van der Waals surface area contributed by atoms with Gasteiger partial charge < -0.3 is 18.6 Å². The zero-order valence-electron chi connectivity index (χ0n) is 18.6. The van der Waals surface area contributed by atoms with Crippen LogP contribution in [0.3, 0.4) is 0 Å². The summed E-state index contributed by atoms with van der Waals surface area (Å²) in [6.07, 6.45) is 5.72. The van der Waals surface area contributed by atoms with E-state index in [-0.39, 0.29) is 18.2 Å². The number of oxazole rings is 1. The van der Waals surface area contributed by atoms with Gasteiger partial charge in [0.05, 0.1) is 38.1 Å². The molecular formula is C26H29NO5. The van der Waals surface area contributed by atoms with Gasteiger partial charge in [0.25, 0.3) is 0 Å². The first kappa shape index (κ1) is 22.2. The summed E-state index contributed by atoms with van der Waals surface area (Å²) in [5.74, 6) is 0.280. The van der Waals surface area contributed by atoms with Crippen LogP contribution in [0.2, 0.25) is 0 Å². The van der Waals surface area contributed by atoms with E-state index < -0.39 is 0 Å². The lowest BCUT2D eigenvalue weighted by Gasteiger charge is -2.29. The van der Waals surface area contributed by atoms with E-state index in [1.165, 1.54) is 7.11 Å². The summed E-state index contributed by atoms with van der Waals surface area (Å²) >= 11 is 0. The Hall–Kier alpha value is -2.96. The maximum atomic E-state index is 12.2. The van der Waals surface area contributed by atoms with E-state index in [4.69, 9.17) is 18.6 Å². The minimum atomic E-state index is -0.325. The van der Waals surface area contributed by atoms with Gasteiger partial charge in [-0.15, -0.1) is 0 Å². The van der Waals surface area contributed by atoms with Gasteiger partial charge in [0.2, 0.25) is 5.89 Å². The van der Waals surface area contributed by atoms with Gasteiger partial charge in [-0.2, -0.15) is 0 Å². The molecule has 168 valence electrons. The molecule has 2 unspecified atom stereocenters. The molecule has 2 aromatic carbocycles. The van der Waals surface area contributed by atoms with E-state index in [9.17, 15) is 4.79 Å². The van der Waals surface area contributed by atoms with Gasteiger partial charge in [-0.05, 0) is 55.9 Å². The van der Waals surface area contributed by atoms with Crippen LogP contribution >= 0.6 is 0 Å². The Balaban J connectivity index is 1.30. The number of methoxy groups -OCH3 is 1. The highest BCUT2D eigenvalue weighted by molar-refractivity contribution is 5.92. The SMILES string of the molecule is COC(=O)c1c(C)cccc1COC1CCCC(OCc2coc(-c3ccccc3)n2)C1. The summed E-state index contributed by atoms with van der Waals surface area (Å²) in [6.45, 7) is 2.71. The molecule has 6 nitrogen and oxygen atoms in total. The summed E-state index contributed by atoms with van der Waals surface area (Å²) < 4.78 is 22.8. The number of nitrogens with zero attached hydrogens (tertiary/aromatic N) is 1. The predicted molar refractivity (Wildman–Crippen MR) is 120 cm³/mol. The van der Waals surface area contributed by atoms with Crippen molar-refractivity contribution >= 4 is 5.97 Å². The van der Waals surface area contributed by atoms with Gasteiger partial charge in [0.15, 0.2) is 0 Å². The summed E-state index contributed by atoms with van der Waals surface area (Å²) in [5, 5.41) is 0. The molecule has 0 radical (unpaired) electrons. The Morgan fingerprint density at radius 2 is 1.78 bits per heavy atom.